The number of alkyl halides is 1. The zero-order valence-corrected chi connectivity index (χ0v) is 27.4. The first-order valence-electron chi connectivity index (χ1n) is 16.1. The van der Waals surface area contributed by atoms with E-state index in [2.05, 4.69) is 17.4 Å². The van der Waals surface area contributed by atoms with Crippen molar-refractivity contribution >= 4 is 29.3 Å². The van der Waals surface area contributed by atoms with E-state index in [9.17, 15) is 9.59 Å². The normalized spacial score (nSPS) is 15.6. The van der Waals surface area contributed by atoms with Crippen LogP contribution in [0.1, 0.15) is 61.3 Å². The Morgan fingerprint density at radius 1 is 1.02 bits per heavy atom. The molecule has 4 rings (SSSR count). The van der Waals surface area contributed by atoms with Crippen LogP contribution in [0.2, 0.25) is 0 Å². The highest BCUT2D eigenvalue weighted by atomic mass is 35.5. The third kappa shape index (κ3) is 11.0. The van der Waals surface area contributed by atoms with Crippen LogP contribution in [0.5, 0.6) is 11.5 Å². The fourth-order valence-electron chi connectivity index (χ4n) is 5.99. The average molecular weight is 646 g/mol. The van der Waals surface area contributed by atoms with Crippen LogP contribution in [0.25, 0.3) is 0 Å². The Morgan fingerprint density at radius 3 is 2.56 bits per heavy atom. The smallest absolute Gasteiger partial charge is 0.306 e. The maximum absolute atomic E-state index is 13.0. The fourth-order valence-corrected chi connectivity index (χ4v) is 6.10. The van der Waals surface area contributed by atoms with Gasteiger partial charge in [0.2, 0.25) is 5.91 Å². The monoisotopic (exact) mass is 645 g/mol. The van der Waals surface area contributed by atoms with Crippen molar-refractivity contribution in [2.75, 3.05) is 78.1 Å². The lowest BCUT2D eigenvalue weighted by Gasteiger charge is -2.34. The molecule has 1 N–H and O–H groups in total. The van der Waals surface area contributed by atoms with Gasteiger partial charge in [0.25, 0.3) is 0 Å². The average Bonchev–Trinajstić information content (AvgIpc) is 3.08. The number of amides is 1. The molecule has 2 aromatic rings. The van der Waals surface area contributed by atoms with Crippen LogP contribution in [0.3, 0.4) is 0 Å². The van der Waals surface area contributed by atoms with E-state index in [1.54, 1.807) is 7.11 Å². The van der Waals surface area contributed by atoms with Crippen LogP contribution in [0.15, 0.2) is 30.3 Å². The molecule has 0 saturated carbocycles. The number of benzene rings is 1. The van der Waals surface area contributed by atoms with E-state index >= 15 is 0 Å². The summed E-state index contributed by atoms with van der Waals surface area (Å²) in [5.74, 6) is 2.96. The van der Waals surface area contributed by atoms with Gasteiger partial charge in [-0.25, -0.2) is 4.98 Å². The van der Waals surface area contributed by atoms with Crippen LogP contribution in [-0.4, -0.2) is 94.5 Å². The molecule has 0 bridgehead atoms. The highest BCUT2D eigenvalue weighted by Crippen LogP contribution is 2.37. The van der Waals surface area contributed by atoms with Crippen molar-refractivity contribution in [1.29, 1.82) is 0 Å². The van der Waals surface area contributed by atoms with E-state index in [4.69, 9.17) is 40.3 Å². The second kappa shape index (κ2) is 18.8. The molecule has 2 aliphatic heterocycles. The molecule has 0 aliphatic carbocycles. The van der Waals surface area contributed by atoms with Gasteiger partial charge in [-0.15, -0.1) is 11.6 Å². The number of fused-ring (bicyclic) bond motifs is 1. The number of carbonyl (C=O) groups is 2. The number of halogens is 1. The predicted molar refractivity (Wildman–Crippen MR) is 174 cm³/mol. The molecule has 1 aromatic carbocycles. The van der Waals surface area contributed by atoms with Crippen molar-refractivity contribution in [3.05, 3.63) is 47.2 Å². The van der Waals surface area contributed by atoms with Gasteiger partial charge >= 0.3 is 5.97 Å². The molecule has 0 radical (unpaired) electrons. The first kappa shape index (κ1) is 34.8. The quantitative estimate of drug-likeness (QED) is 0.136. The van der Waals surface area contributed by atoms with E-state index < -0.39 is 0 Å². The number of nitrogens with one attached hydrogen (secondary N) is 1. The Balaban J connectivity index is 1.26. The highest BCUT2D eigenvalue weighted by Gasteiger charge is 2.27. The van der Waals surface area contributed by atoms with E-state index in [0.29, 0.717) is 69.2 Å². The summed E-state index contributed by atoms with van der Waals surface area (Å²) < 4.78 is 27.4. The number of piperidine rings is 1. The van der Waals surface area contributed by atoms with Crippen LogP contribution >= 0.6 is 11.6 Å². The van der Waals surface area contributed by atoms with Crippen molar-refractivity contribution in [3.8, 4) is 11.5 Å². The SMILES string of the molecule is COC(=O)CC(CC1CCN(C(=O)CCc2ccc3c(n2)NCCC3)CC1)c1ccc(OCCOCCOCCCl)c(OC)c1. The lowest BCUT2D eigenvalue weighted by Crippen LogP contribution is -2.39. The van der Waals surface area contributed by atoms with Gasteiger partial charge in [-0.05, 0) is 79.7 Å². The summed E-state index contributed by atoms with van der Waals surface area (Å²) in [4.78, 5) is 32.1. The minimum absolute atomic E-state index is 0.0346. The van der Waals surface area contributed by atoms with Crippen molar-refractivity contribution in [2.45, 2.75) is 57.3 Å². The van der Waals surface area contributed by atoms with Crippen LogP contribution in [-0.2, 0) is 36.6 Å². The first-order chi connectivity index (χ1) is 22.0. The Kier molecular flexibility index (Phi) is 14.5. The zero-order chi connectivity index (χ0) is 31.9. The van der Waals surface area contributed by atoms with Crippen LogP contribution < -0.4 is 14.8 Å². The number of carbonyl (C=O) groups excluding carboxylic acids is 2. The maximum atomic E-state index is 13.0. The molecule has 3 heterocycles. The Morgan fingerprint density at radius 2 is 1.80 bits per heavy atom. The number of likely N-dealkylation sites (tertiary alicyclic amines) is 1. The summed E-state index contributed by atoms with van der Waals surface area (Å²) in [6.07, 6.45) is 6.21. The zero-order valence-electron chi connectivity index (χ0n) is 26.7. The van der Waals surface area contributed by atoms with Crippen molar-refractivity contribution < 1.29 is 33.3 Å². The molecule has 11 heteroatoms. The highest BCUT2D eigenvalue weighted by molar-refractivity contribution is 6.17. The molecule has 2 aliphatic rings. The molecule has 45 heavy (non-hydrogen) atoms. The van der Waals surface area contributed by atoms with Gasteiger partial charge in [0, 0.05) is 37.6 Å². The topological polar surface area (TPSA) is 108 Å². The second-order valence-electron chi connectivity index (χ2n) is 11.6. The second-order valence-corrected chi connectivity index (χ2v) is 11.9. The molecular formula is C34H48ClN3O7. The number of hydrogen-bond donors (Lipinski definition) is 1. The number of nitrogens with zero attached hydrogens (tertiary/aromatic N) is 2. The molecule has 1 saturated heterocycles. The van der Waals surface area contributed by atoms with Gasteiger partial charge in [0.05, 0.1) is 47.1 Å². The summed E-state index contributed by atoms with van der Waals surface area (Å²) >= 11 is 5.59. The summed E-state index contributed by atoms with van der Waals surface area (Å²) in [6.45, 7) is 4.67. The van der Waals surface area contributed by atoms with Gasteiger partial charge in [-0.1, -0.05) is 12.1 Å². The minimum atomic E-state index is -0.245. The van der Waals surface area contributed by atoms with Gasteiger partial charge in [0.15, 0.2) is 11.5 Å². The lowest BCUT2D eigenvalue weighted by atomic mass is 9.82. The molecular weight excluding hydrogens is 598 g/mol. The molecule has 1 atom stereocenters. The number of pyridine rings is 1. The van der Waals surface area contributed by atoms with Crippen LogP contribution in [0, 0.1) is 5.92 Å². The Hall–Kier alpha value is -3.08. The van der Waals surface area contributed by atoms with E-state index in [1.165, 1.54) is 12.7 Å². The first-order valence-corrected chi connectivity index (χ1v) is 16.6. The Bertz CT molecular complexity index is 1220. The summed E-state index contributed by atoms with van der Waals surface area (Å²) in [7, 11) is 3.03. The minimum Gasteiger partial charge on any atom is -0.493 e. The molecule has 1 fully saturated rings. The standard InChI is InChI=1S/C34H48ClN3O7/c1-41-31-23-27(6-9-30(31)45-21-20-44-19-18-43-17-13-35)28(24-33(40)42-2)22-25-11-15-38(16-12-25)32(39)10-8-29-7-5-26-4-3-14-36-34(26)37-29/h5-7,9,23,25,28H,3-4,8,10-22,24H2,1-2H3,(H,36,37). The number of aryl methyl sites for hydroxylation is 2. The van der Waals surface area contributed by atoms with Gasteiger partial charge in [-0.2, -0.15) is 0 Å². The number of methoxy groups -OCH3 is 2. The number of hydrogen-bond acceptors (Lipinski definition) is 9. The molecule has 0 spiro atoms. The maximum Gasteiger partial charge on any atom is 0.306 e. The van der Waals surface area contributed by atoms with Gasteiger partial charge in [-0.3, -0.25) is 9.59 Å². The molecule has 1 unspecified atom stereocenters. The van der Waals surface area contributed by atoms with Gasteiger partial charge in [0.1, 0.15) is 12.4 Å². The van der Waals surface area contributed by atoms with Crippen LogP contribution in [0.4, 0.5) is 5.82 Å². The van der Waals surface area contributed by atoms with E-state index in [1.807, 2.05) is 23.1 Å². The lowest BCUT2D eigenvalue weighted by molar-refractivity contribution is -0.141. The number of aromatic nitrogens is 1. The van der Waals surface area contributed by atoms with Crippen molar-refractivity contribution in [3.63, 3.8) is 0 Å². The summed E-state index contributed by atoms with van der Waals surface area (Å²) in [6, 6.07) is 10.0. The van der Waals surface area contributed by atoms with E-state index in [-0.39, 0.29) is 24.2 Å². The third-order valence-corrected chi connectivity index (χ3v) is 8.66. The molecule has 248 valence electrons. The summed E-state index contributed by atoms with van der Waals surface area (Å²) in [5.41, 5.74) is 3.22. The van der Waals surface area contributed by atoms with E-state index in [0.717, 1.165) is 68.8 Å². The van der Waals surface area contributed by atoms with Gasteiger partial charge < -0.3 is 33.9 Å². The summed E-state index contributed by atoms with van der Waals surface area (Å²) in [5, 5.41) is 3.37. The molecule has 1 aromatic heterocycles. The number of rotatable bonds is 18. The number of ether oxygens (including phenoxy) is 5. The largest absolute Gasteiger partial charge is 0.493 e. The number of anilines is 1. The van der Waals surface area contributed by atoms with Crippen molar-refractivity contribution in [2.24, 2.45) is 5.92 Å². The number of esters is 1. The third-order valence-electron chi connectivity index (χ3n) is 8.51. The molecule has 1 amide bonds. The predicted octanol–water partition coefficient (Wildman–Crippen LogP) is 5.01. The fraction of sp³-hybridized carbons (Fsp3) is 0.618. The van der Waals surface area contributed by atoms with Crippen molar-refractivity contribution in [1.82, 2.24) is 9.88 Å². The molecule has 10 nitrogen and oxygen atoms in total. The Labute approximate surface area is 272 Å².